The highest BCUT2D eigenvalue weighted by Crippen LogP contribution is 2.20. The van der Waals surface area contributed by atoms with Gasteiger partial charge in [0.1, 0.15) is 6.61 Å². The third-order valence-electron chi connectivity index (χ3n) is 3.76. The molecule has 0 spiro atoms. The highest BCUT2D eigenvalue weighted by atomic mass is 16.6. The van der Waals surface area contributed by atoms with Gasteiger partial charge >= 0.3 is 6.09 Å². The Labute approximate surface area is 156 Å². The Morgan fingerprint density at radius 2 is 1.70 bits per heavy atom. The van der Waals surface area contributed by atoms with Crippen LogP contribution in [0.1, 0.15) is 10.4 Å². The molecule has 0 aliphatic rings. The highest BCUT2D eigenvalue weighted by Gasteiger charge is 2.11. The van der Waals surface area contributed by atoms with Gasteiger partial charge in [0.2, 0.25) is 0 Å². The molecule has 27 heavy (non-hydrogen) atoms. The quantitative estimate of drug-likeness (QED) is 0.651. The van der Waals surface area contributed by atoms with Crippen LogP contribution in [0.5, 0.6) is 0 Å². The van der Waals surface area contributed by atoms with Crippen LogP contribution >= 0.6 is 0 Å². The molecule has 138 valence electrons. The van der Waals surface area contributed by atoms with Gasteiger partial charge < -0.3 is 14.8 Å². The van der Waals surface area contributed by atoms with Crippen molar-refractivity contribution in [3.05, 3.63) is 66.4 Å². The van der Waals surface area contributed by atoms with Crippen molar-refractivity contribution in [1.82, 2.24) is 4.98 Å². The zero-order valence-corrected chi connectivity index (χ0v) is 14.8. The summed E-state index contributed by atoms with van der Waals surface area (Å²) in [6, 6.07) is 16.0. The maximum Gasteiger partial charge on any atom is 0.411 e. The van der Waals surface area contributed by atoms with E-state index in [2.05, 4.69) is 15.6 Å². The molecule has 0 radical (unpaired) electrons. The number of hydrogen-bond acceptors (Lipinski definition) is 5. The Morgan fingerprint density at radius 1 is 0.963 bits per heavy atom. The number of methoxy groups -OCH3 is 1. The molecule has 0 atom stereocenters. The molecule has 0 bridgehead atoms. The molecule has 0 aliphatic heterocycles. The predicted molar refractivity (Wildman–Crippen MR) is 103 cm³/mol. The van der Waals surface area contributed by atoms with Gasteiger partial charge in [-0.3, -0.25) is 15.1 Å². The van der Waals surface area contributed by atoms with Crippen molar-refractivity contribution in [1.29, 1.82) is 0 Å². The van der Waals surface area contributed by atoms with Crippen molar-refractivity contribution >= 4 is 34.3 Å². The molecule has 1 aromatic heterocycles. The van der Waals surface area contributed by atoms with Crippen LogP contribution in [0.15, 0.2) is 60.8 Å². The van der Waals surface area contributed by atoms with Crippen LogP contribution in [-0.2, 0) is 9.47 Å². The molecule has 3 rings (SSSR count). The van der Waals surface area contributed by atoms with Crippen molar-refractivity contribution in [3.63, 3.8) is 0 Å². The standard InChI is InChI=1S/C20H19N3O4/c1-26-11-12-27-20(25)23-16-8-3-7-15(13-16)22-19(24)17-9-2-5-14-6-4-10-21-18(14)17/h2-10,13H,11-12H2,1H3,(H,22,24)(H,23,25). The molecule has 2 amide bonds. The van der Waals surface area contributed by atoms with Gasteiger partial charge in [0.25, 0.3) is 5.91 Å². The van der Waals surface area contributed by atoms with Crippen molar-refractivity contribution in [2.45, 2.75) is 0 Å². The van der Waals surface area contributed by atoms with Gasteiger partial charge in [0.05, 0.1) is 17.7 Å². The average Bonchev–Trinajstić information content (AvgIpc) is 2.68. The summed E-state index contributed by atoms with van der Waals surface area (Å²) < 4.78 is 9.77. The smallest absolute Gasteiger partial charge is 0.411 e. The van der Waals surface area contributed by atoms with Gasteiger partial charge in [-0.05, 0) is 30.3 Å². The van der Waals surface area contributed by atoms with Crippen molar-refractivity contribution in [3.8, 4) is 0 Å². The number of ether oxygens (including phenoxy) is 2. The lowest BCUT2D eigenvalue weighted by Crippen LogP contribution is -2.17. The zero-order chi connectivity index (χ0) is 19.1. The van der Waals surface area contributed by atoms with Crippen LogP contribution in [0.4, 0.5) is 16.2 Å². The molecule has 0 unspecified atom stereocenters. The Bertz CT molecular complexity index is 953. The van der Waals surface area contributed by atoms with Crippen LogP contribution in [-0.4, -0.2) is 37.3 Å². The van der Waals surface area contributed by atoms with E-state index >= 15 is 0 Å². The first-order chi connectivity index (χ1) is 13.2. The van der Waals surface area contributed by atoms with E-state index in [0.29, 0.717) is 29.1 Å². The van der Waals surface area contributed by atoms with Crippen molar-refractivity contribution in [2.24, 2.45) is 0 Å². The molecule has 2 aromatic carbocycles. The minimum absolute atomic E-state index is 0.160. The lowest BCUT2D eigenvalue weighted by Gasteiger charge is -2.10. The summed E-state index contributed by atoms with van der Waals surface area (Å²) in [5.41, 5.74) is 2.16. The van der Waals surface area contributed by atoms with E-state index in [9.17, 15) is 9.59 Å². The number of pyridine rings is 1. The highest BCUT2D eigenvalue weighted by molar-refractivity contribution is 6.12. The molecule has 0 saturated heterocycles. The van der Waals surface area contributed by atoms with Gasteiger partial charge in [-0.25, -0.2) is 4.79 Å². The Balaban J connectivity index is 1.70. The van der Waals surface area contributed by atoms with Gasteiger partial charge in [-0.1, -0.05) is 24.3 Å². The van der Waals surface area contributed by atoms with E-state index in [1.165, 1.54) is 7.11 Å². The molecule has 0 fully saturated rings. The second-order valence-corrected chi connectivity index (χ2v) is 5.67. The summed E-state index contributed by atoms with van der Waals surface area (Å²) in [6.45, 7) is 0.482. The lowest BCUT2D eigenvalue weighted by atomic mass is 10.1. The summed E-state index contributed by atoms with van der Waals surface area (Å²) in [5, 5.41) is 6.32. The first kappa shape index (κ1) is 18.3. The third-order valence-corrected chi connectivity index (χ3v) is 3.76. The number of carbonyl (C=O) groups is 2. The number of fused-ring (bicyclic) bond motifs is 1. The topological polar surface area (TPSA) is 89.5 Å². The van der Waals surface area contributed by atoms with E-state index in [0.717, 1.165) is 5.39 Å². The molecular formula is C20H19N3O4. The van der Waals surface area contributed by atoms with Gasteiger partial charge in [0.15, 0.2) is 0 Å². The zero-order valence-electron chi connectivity index (χ0n) is 14.8. The largest absolute Gasteiger partial charge is 0.447 e. The van der Waals surface area contributed by atoms with Crippen LogP contribution in [0.3, 0.4) is 0 Å². The molecule has 2 N–H and O–H groups in total. The molecule has 0 aliphatic carbocycles. The molecule has 1 heterocycles. The Morgan fingerprint density at radius 3 is 2.52 bits per heavy atom. The number of para-hydroxylation sites is 1. The molecule has 3 aromatic rings. The van der Waals surface area contributed by atoms with Crippen LogP contribution in [0, 0.1) is 0 Å². The fourth-order valence-corrected chi connectivity index (χ4v) is 2.53. The van der Waals surface area contributed by atoms with Crippen molar-refractivity contribution in [2.75, 3.05) is 31.0 Å². The van der Waals surface area contributed by atoms with E-state index < -0.39 is 6.09 Å². The maximum atomic E-state index is 12.7. The third kappa shape index (κ3) is 4.80. The van der Waals surface area contributed by atoms with Gasteiger partial charge in [0, 0.05) is 30.1 Å². The first-order valence-electron chi connectivity index (χ1n) is 8.35. The summed E-state index contributed by atoms with van der Waals surface area (Å²) in [7, 11) is 1.53. The van der Waals surface area contributed by atoms with Crippen LogP contribution < -0.4 is 10.6 Å². The number of rotatable bonds is 6. The SMILES string of the molecule is COCCOC(=O)Nc1cccc(NC(=O)c2cccc3cccnc23)c1. The number of nitrogens with zero attached hydrogens (tertiary/aromatic N) is 1. The number of aromatic nitrogens is 1. The van der Waals surface area contributed by atoms with E-state index in [4.69, 9.17) is 9.47 Å². The van der Waals surface area contributed by atoms with Crippen molar-refractivity contribution < 1.29 is 19.1 Å². The van der Waals surface area contributed by atoms with Crippen LogP contribution in [0.25, 0.3) is 10.9 Å². The average molecular weight is 365 g/mol. The van der Waals surface area contributed by atoms with E-state index in [1.807, 2.05) is 24.3 Å². The molecule has 0 saturated carbocycles. The van der Waals surface area contributed by atoms with E-state index in [1.54, 1.807) is 36.5 Å². The number of carbonyl (C=O) groups excluding carboxylic acids is 2. The summed E-state index contributed by atoms with van der Waals surface area (Å²) >= 11 is 0. The van der Waals surface area contributed by atoms with E-state index in [-0.39, 0.29) is 12.5 Å². The maximum absolute atomic E-state index is 12.7. The summed E-state index contributed by atoms with van der Waals surface area (Å²) in [6.07, 6.45) is 1.06. The van der Waals surface area contributed by atoms with Crippen LogP contribution in [0.2, 0.25) is 0 Å². The number of hydrogen-bond donors (Lipinski definition) is 2. The normalized spacial score (nSPS) is 10.4. The number of nitrogens with one attached hydrogen (secondary N) is 2. The Hall–Kier alpha value is -3.45. The number of anilines is 2. The lowest BCUT2D eigenvalue weighted by molar-refractivity contribution is 0.102. The first-order valence-corrected chi connectivity index (χ1v) is 8.35. The van der Waals surface area contributed by atoms with Gasteiger partial charge in [-0.15, -0.1) is 0 Å². The monoisotopic (exact) mass is 365 g/mol. The number of benzene rings is 2. The second-order valence-electron chi connectivity index (χ2n) is 5.67. The minimum Gasteiger partial charge on any atom is -0.447 e. The fraction of sp³-hybridized carbons (Fsp3) is 0.150. The Kier molecular flexibility index (Phi) is 5.96. The summed E-state index contributed by atoms with van der Waals surface area (Å²) in [4.78, 5) is 28.7. The number of amides is 2. The van der Waals surface area contributed by atoms with Gasteiger partial charge in [-0.2, -0.15) is 0 Å². The molecule has 7 nitrogen and oxygen atoms in total. The molecular weight excluding hydrogens is 346 g/mol. The molecule has 7 heteroatoms. The predicted octanol–water partition coefficient (Wildman–Crippen LogP) is 3.68. The second kappa shape index (κ2) is 8.77. The minimum atomic E-state index is -0.589. The summed E-state index contributed by atoms with van der Waals surface area (Å²) in [5.74, 6) is -0.279. The fourth-order valence-electron chi connectivity index (χ4n) is 2.53.